The number of amides is 1. The molecule has 0 spiro atoms. The maximum atomic E-state index is 12.0. The Morgan fingerprint density at radius 2 is 2.14 bits per heavy atom. The van der Waals surface area contributed by atoms with E-state index in [0.717, 1.165) is 23.8 Å². The van der Waals surface area contributed by atoms with Crippen LogP contribution in [0, 0.1) is 13.8 Å². The summed E-state index contributed by atoms with van der Waals surface area (Å²) >= 11 is 1.48. The van der Waals surface area contributed by atoms with Gasteiger partial charge >= 0.3 is 0 Å². The molecule has 2 aromatic rings. The van der Waals surface area contributed by atoms with Gasteiger partial charge in [-0.2, -0.15) is 0 Å². The third kappa shape index (κ3) is 3.91. The number of nitrogens with zero attached hydrogens (tertiary/aromatic N) is 2. The van der Waals surface area contributed by atoms with Crippen LogP contribution in [0.15, 0.2) is 35.7 Å². The number of hydrogen-bond acceptors (Lipinski definition) is 3. The van der Waals surface area contributed by atoms with Crippen molar-refractivity contribution >= 4 is 17.7 Å². The Bertz CT molecular complexity index is 651. The average molecular weight is 317 g/mol. The molecule has 1 aromatic carbocycles. The SMILES string of the molecule is CCCNC(=O)C(C)Sc1nccn1-c1ccc(C)c(C)c1. The molecule has 1 N–H and O–H groups in total. The Kier molecular flexibility index (Phi) is 5.66. The number of benzene rings is 1. The second-order valence-electron chi connectivity index (χ2n) is 5.40. The molecule has 0 aliphatic heterocycles. The lowest BCUT2D eigenvalue weighted by Crippen LogP contribution is -2.31. The van der Waals surface area contributed by atoms with Crippen molar-refractivity contribution in [3.05, 3.63) is 41.7 Å². The van der Waals surface area contributed by atoms with Crippen LogP contribution in [0.3, 0.4) is 0 Å². The van der Waals surface area contributed by atoms with E-state index in [0.29, 0.717) is 0 Å². The Balaban J connectivity index is 2.15. The summed E-state index contributed by atoms with van der Waals surface area (Å²) in [5, 5.41) is 3.59. The first-order chi connectivity index (χ1) is 10.5. The van der Waals surface area contributed by atoms with Gasteiger partial charge in [0.2, 0.25) is 5.91 Å². The number of nitrogens with one attached hydrogen (secondary N) is 1. The molecule has 1 amide bonds. The molecule has 22 heavy (non-hydrogen) atoms. The molecule has 118 valence electrons. The van der Waals surface area contributed by atoms with Gasteiger partial charge in [-0.3, -0.25) is 9.36 Å². The minimum Gasteiger partial charge on any atom is -0.355 e. The first-order valence-electron chi connectivity index (χ1n) is 7.58. The Morgan fingerprint density at radius 1 is 1.36 bits per heavy atom. The first-order valence-corrected chi connectivity index (χ1v) is 8.46. The Morgan fingerprint density at radius 3 is 2.82 bits per heavy atom. The molecule has 0 aliphatic carbocycles. The Labute approximate surface area is 136 Å². The Hall–Kier alpha value is -1.75. The number of aryl methyl sites for hydroxylation is 2. The maximum Gasteiger partial charge on any atom is 0.233 e. The van der Waals surface area contributed by atoms with Gasteiger partial charge in [-0.1, -0.05) is 24.8 Å². The molecule has 4 nitrogen and oxygen atoms in total. The maximum absolute atomic E-state index is 12.0. The molecule has 1 unspecified atom stereocenters. The lowest BCUT2D eigenvalue weighted by atomic mass is 10.1. The molecule has 1 atom stereocenters. The molecule has 1 aromatic heterocycles. The van der Waals surface area contributed by atoms with Crippen molar-refractivity contribution in [3.63, 3.8) is 0 Å². The largest absolute Gasteiger partial charge is 0.355 e. The molecule has 0 saturated heterocycles. The number of carbonyl (C=O) groups is 1. The number of hydrogen-bond donors (Lipinski definition) is 1. The predicted octanol–water partition coefficient (Wildman–Crippen LogP) is 3.50. The highest BCUT2D eigenvalue weighted by Gasteiger charge is 2.17. The van der Waals surface area contributed by atoms with Gasteiger partial charge in [0, 0.05) is 24.6 Å². The summed E-state index contributed by atoms with van der Waals surface area (Å²) in [7, 11) is 0. The minimum atomic E-state index is -0.167. The molecule has 5 heteroatoms. The zero-order valence-electron chi connectivity index (χ0n) is 13.6. The van der Waals surface area contributed by atoms with Crippen molar-refractivity contribution in [2.24, 2.45) is 0 Å². The van der Waals surface area contributed by atoms with E-state index in [1.165, 1.54) is 22.9 Å². The highest BCUT2D eigenvalue weighted by molar-refractivity contribution is 8.00. The lowest BCUT2D eigenvalue weighted by Gasteiger charge is -2.13. The second kappa shape index (κ2) is 7.49. The second-order valence-corrected chi connectivity index (χ2v) is 6.71. The van der Waals surface area contributed by atoms with E-state index in [1.54, 1.807) is 6.20 Å². The van der Waals surface area contributed by atoms with Crippen molar-refractivity contribution in [2.75, 3.05) is 6.54 Å². The van der Waals surface area contributed by atoms with Gasteiger partial charge in [0.1, 0.15) is 0 Å². The van der Waals surface area contributed by atoms with Crippen LogP contribution in [-0.2, 0) is 4.79 Å². The predicted molar refractivity (Wildman–Crippen MR) is 91.7 cm³/mol. The van der Waals surface area contributed by atoms with Crippen molar-refractivity contribution in [3.8, 4) is 5.69 Å². The molecular weight excluding hydrogens is 294 g/mol. The molecule has 2 rings (SSSR count). The van der Waals surface area contributed by atoms with Crippen LogP contribution in [0.5, 0.6) is 0 Å². The summed E-state index contributed by atoms with van der Waals surface area (Å²) in [6.07, 6.45) is 4.65. The van der Waals surface area contributed by atoms with E-state index in [1.807, 2.05) is 24.6 Å². The topological polar surface area (TPSA) is 46.9 Å². The highest BCUT2D eigenvalue weighted by atomic mass is 32.2. The molecule has 0 fully saturated rings. The first kappa shape index (κ1) is 16.6. The van der Waals surface area contributed by atoms with E-state index in [4.69, 9.17) is 0 Å². The number of carbonyl (C=O) groups excluding carboxylic acids is 1. The molecule has 0 aliphatic rings. The number of thioether (sulfide) groups is 1. The van der Waals surface area contributed by atoms with Crippen molar-refractivity contribution < 1.29 is 4.79 Å². The summed E-state index contributed by atoms with van der Waals surface area (Å²) in [5.74, 6) is 0.0569. The van der Waals surface area contributed by atoms with E-state index in [9.17, 15) is 4.79 Å². The van der Waals surface area contributed by atoms with E-state index >= 15 is 0 Å². The van der Waals surface area contributed by atoms with Gasteiger partial charge in [0.25, 0.3) is 0 Å². The monoisotopic (exact) mass is 317 g/mol. The van der Waals surface area contributed by atoms with Crippen LogP contribution in [0.25, 0.3) is 5.69 Å². The van der Waals surface area contributed by atoms with Gasteiger partial charge in [-0.15, -0.1) is 0 Å². The fraction of sp³-hybridized carbons (Fsp3) is 0.412. The number of imidazole rings is 1. The van der Waals surface area contributed by atoms with Gasteiger partial charge in [0.05, 0.1) is 5.25 Å². The minimum absolute atomic E-state index is 0.0569. The van der Waals surface area contributed by atoms with Gasteiger partial charge < -0.3 is 5.32 Å². The van der Waals surface area contributed by atoms with Crippen molar-refractivity contribution in [1.82, 2.24) is 14.9 Å². The van der Waals surface area contributed by atoms with Crippen LogP contribution in [0.2, 0.25) is 0 Å². The summed E-state index contributed by atoms with van der Waals surface area (Å²) in [6.45, 7) is 8.88. The standard InChI is InChI=1S/C17H23N3OS/c1-5-8-18-16(21)14(4)22-17-19-9-10-20(17)15-7-6-12(2)13(3)11-15/h6-7,9-11,14H,5,8H2,1-4H3,(H,18,21). The molecular formula is C17H23N3OS. The van der Waals surface area contributed by atoms with E-state index < -0.39 is 0 Å². The number of rotatable bonds is 6. The van der Waals surface area contributed by atoms with Crippen LogP contribution >= 0.6 is 11.8 Å². The number of aromatic nitrogens is 2. The molecule has 0 saturated carbocycles. The smallest absolute Gasteiger partial charge is 0.233 e. The highest BCUT2D eigenvalue weighted by Crippen LogP contribution is 2.25. The normalized spacial score (nSPS) is 12.2. The van der Waals surface area contributed by atoms with Gasteiger partial charge in [-0.25, -0.2) is 4.98 Å². The lowest BCUT2D eigenvalue weighted by molar-refractivity contribution is -0.120. The fourth-order valence-electron chi connectivity index (χ4n) is 2.05. The average Bonchev–Trinajstić information content (AvgIpc) is 2.95. The molecule has 1 heterocycles. The molecule has 0 bridgehead atoms. The quantitative estimate of drug-likeness (QED) is 0.830. The van der Waals surface area contributed by atoms with Crippen LogP contribution < -0.4 is 5.32 Å². The van der Waals surface area contributed by atoms with E-state index in [2.05, 4.69) is 42.3 Å². The fourth-order valence-corrected chi connectivity index (χ4v) is 2.96. The van der Waals surface area contributed by atoms with Crippen LogP contribution in [0.4, 0.5) is 0 Å². The summed E-state index contributed by atoms with van der Waals surface area (Å²) in [4.78, 5) is 16.4. The summed E-state index contributed by atoms with van der Waals surface area (Å²) in [6, 6.07) is 6.33. The van der Waals surface area contributed by atoms with Gasteiger partial charge in [0.15, 0.2) is 5.16 Å². The van der Waals surface area contributed by atoms with E-state index in [-0.39, 0.29) is 11.2 Å². The summed E-state index contributed by atoms with van der Waals surface area (Å²) in [5.41, 5.74) is 3.59. The van der Waals surface area contributed by atoms with Crippen molar-refractivity contribution in [2.45, 2.75) is 44.5 Å². The van der Waals surface area contributed by atoms with Crippen molar-refractivity contribution in [1.29, 1.82) is 0 Å². The summed E-state index contributed by atoms with van der Waals surface area (Å²) < 4.78 is 2.03. The third-order valence-corrected chi connectivity index (χ3v) is 4.66. The third-order valence-electron chi connectivity index (χ3n) is 3.58. The van der Waals surface area contributed by atoms with Gasteiger partial charge in [-0.05, 0) is 50.5 Å². The zero-order chi connectivity index (χ0) is 16.1. The molecule has 0 radical (unpaired) electrons. The van der Waals surface area contributed by atoms with Crippen LogP contribution in [-0.4, -0.2) is 27.3 Å². The zero-order valence-corrected chi connectivity index (χ0v) is 14.4. The van der Waals surface area contributed by atoms with Crippen LogP contribution in [0.1, 0.15) is 31.4 Å².